The van der Waals surface area contributed by atoms with Gasteiger partial charge in [0, 0.05) is 63.2 Å². The molecule has 6 heteroatoms. The van der Waals surface area contributed by atoms with Gasteiger partial charge in [-0.1, -0.05) is 84.9 Å². The van der Waals surface area contributed by atoms with Gasteiger partial charge in [0.15, 0.2) is 11.6 Å². The molecular weight excluding hydrogens is 516 g/mol. The predicted octanol–water partition coefficient (Wildman–Crippen LogP) is 8.18. The van der Waals surface area contributed by atoms with E-state index in [0.717, 1.165) is 66.2 Å². The Labute approximate surface area is 241 Å². The van der Waals surface area contributed by atoms with E-state index in [0.29, 0.717) is 11.6 Å². The quantitative estimate of drug-likeness (QED) is 0.210. The highest BCUT2D eigenvalue weighted by molar-refractivity contribution is 6.20. The van der Waals surface area contributed by atoms with Crippen LogP contribution in [-0.2, 0) is 0 Å². The molecule has 0 aliphatic rings. The molecule has 196 valence electrons. The molecule has 8 aromatic rings. The third-order valence-corrected chi connectivity index (χ3v) is 7.53. The van der Waals surface area contributed by atoms with Crippen LogP contribution < -0.4 is 0 Å². The minimum Gasteiger partial charge on any atom is -0.255 e. The monoisotopic (exact) mass is 538 g/mol. The fraction of sp³-hybridized carbons (Fsp3) is 0. The fourth-order valence-electron chi connectivity index (χ4n) is 5.54. The second kappa shape index (κ2) is 9.94. The number of nitrogens with zero attached hydrogens (tertiary/aromatic N) is 6. The van der Waals surface area contributed by atoms with E-state index in [-0.39, 0.29) is 0 Å². The van der Waals surface area contributed by atoms with Crippen molar-refractivity contribution in [3.05, 3.63) is 134 Å². The number of benzene rings is 4. The van der Waals surface area contributed by atoms with Gasteiger partial charge in [0.25, 0.3) is 0 Å². The highest BCUT2D eigenvalue weighted by Gasteiger charge is 2.16. The highest BCUT2D eigenvalue weighted by Crippen LogP contribution is 2.36. The van der Waals surface area contributed by atoms with E-state index in [1.54, 1.807) is 0 Å². The first-order chi connectivity index (χ1) is 20.8. The molecule has 0 spiro atoms. The molecule has 0 atom stereocenters. The van der Waals surface area contributed by atoms with Crippen LogP contribution in [0.15, 0.2) is 134 Å². The van der Waals surface area contributed by atoms with Crippen LogP contribution in [0.5, 0.6) is 0 Å². The predicted molar refractivity (Wildman–Crippen MR) is 167 cm³/mol. The second-order valence-electron chi connectivity index (χ2n) is 10.0. The first kappa shape index (κ1) is 24.0. The van der Waals surface area contributed by atoms with Crippen molar-refractivity contribution in [3.63, 3.8) is 0 Å². The van der Waals surface area contributed by atoms with E-state index in [1.165, 1.54) is 0 Å². The molecule has 0 N–H and O–H groups in total. The molecule has 0 radical (unpaired) electrons. The minimum atomic E-state index is 0.656. The van der Waals surface area contributed by atoms with E-state index in [2.05, 4.69) is 58.5 Å². The lowest BCUT2D eigenvalue weighted by atomic mass is 9.98. The molecule has 0 saturated heterocycles. The Hall–Kier alpha value is -5.88. The van der Waals surface area contributed by atoms with Gasteiger partial charge in [0.2, 0.25) is 0 Å². The molecule has 0 fully saturated rings. The zero-order valence-corrected chi connectivity index (χ0v) is 22.4. The molecule has 4 heterocycles. The average Bonchev–Trinajstić information content (AvgIpc) is 3.08. The maximum absolute atomic E-state index is 4.92. The lowest BCUT2D eigenvalue weighted by molar-refractivity contribution is 1.18. The molecule has 0 amide bonds. The van der Waals surface area contributed by atoms with Crippen molar-refractivity contribution >= 4 is 32.6 Å². The summed E-state index contributed by atoms with van der Waals surface area (Å²) < 4.78 is 0. The largest absolute Gasteiger partial charge is 0.255 e. The van der Waals surface area contributed by atoms with Gasteiger partial charge >= 0.3 is 0 Å². The Morgan fingerprint density at radius 3 is 1.31 bits per heavy atom. The lowest BCUT2D eigenvalue weighted by Gasteiger charge is -2.12. The number of pyridine rings is 2. The van der Waals surface area contributed by atoms with Crippen molar-refractivity contribution in [1.29, 1.82) is 0 Å². The van der Waals surface area contributed by atoms with E-state index in [4.69, 9.17) is 19.9 Å². The summed E-state index contributed by atoms with van der Waals surface area (Å²) in [5, 5.41) is 3.98. The minimum absolute atomic E-state index is 0.656. The van der Waals surface area contributed by atoms with Gasteiger partial charge in [-0.15, -0.1) is 0 Å². The van der Waals surface area contributed by atoms with E-state index < -0.39 is 0 Å². The molecule has 0 unspecified atom stereocenters. The van der Waals surface area contributed by atoms with Crippen molar-refractivity contribution < 1.29 is 0 Å². The molecule has 42 heavy (non-hydrogen) atoms. The summed E-state index contributed by atoms with van der Waals surface area (Å²) in [4.78, 5) is 28.8. The second-order valence-corrected chi connectivity index (χ2v) is 10.0. The Balaban J connectivity index is 1.32. The molecule has 4 aromatic carbocycles. The smallest absolute Gasteiger partial charge is 0.160 e. The van der Waals surface area contributed by atoms with Crippen LogP contribution in [0.4, 0.5) is 0 Å². The Kier molecular flexibility index (Phi) is 5.67. The molecule has 6 nitrogen and oxygen atoms in total. The molecule has 0 aliphatic carbocycles. The number of hydrogen-bond donors (Lipinski definition) is 0. The Bertz CT molecular complexity index is 2090. The van der Waals surface area contributed by atoms with E-state index in [9.17, 15) is 0 Å². The zero-order chi connectivity index (χ0) is 27.9. The maximum atomic E-state index is 4.92. The third kappa shape index (κ3) is 4.05. The summed E-state index contributed by atoms with van der Waals surface area (Å²) >= 11 is 0. The highest BCUT2D eigenvalue weighted by atomic mass is 14.9. The van der Waals surface area contributed by atoms with Crippen LogP contribution in [0, 0.1) is 0 Å². The summed E-state index contributed by atoms with van der Waals surface area (Å²) in [5.41, 5.74) is 7.40. The van der Waals surface area contributed by atoms with Crippen LogP contribution in [0.1, 0.15) is 0 Å². The normalized spacial score (nSPS) is 11.3. The van der Waals surface area contributed by atoms with Gasteiger partial charge in [-0.3, -0.25) is 9.97 Å². The van der Waals surface area contributed by atoms with Crippen LogP contribution >= 0.6 is 0 Å². The van der Waals surface area contributed by atoms with Crippen molar-refractivity contribution in [2.45, 2.75) is 0 Å². The van der Waals surface area contributed by atoms with E-state index in [1.807, 2.05) is 85.5 Å². The van der Waals surface area contributed by atoms with Crippen molar-refractivity contribution in [2.24, 2.45) is 0 Å². The van der Waals surface area contributed by atoms with Crippen molar-refractivity contribution in [3.8, 4) is 45.3 Å². The van der Waals surface area contributed by atoms with Gasteiger partial charge in [-0.05, 0) is 29.7 Å². The lowest BCUT2D eigenvalue weighted by Crippen LogP contribution is -1.95. The molecule has 8 rings (SSSR count). The van der Waals surface area contributed by atoms with Crippen LogP contribution in [0.2, 0.25) is 0 Å². The SMILES string of the molecule is c1ccc(-c2ccnc(-c3ccnc4c3ccc3ccc5c(-c6nccc(-c7ccccc7)n6)ccnc5c34)n2)cc1. The van der Waals surface area contributed by atoms with Gasteiger partial charge in [-0.25, -0.2) is 19.9 Å². The van der Waals surface area contributed by atoms with Crippen molar-refractivity contribution in [1.82, 2.24) is 29.9 Å². The third-order valence-electron chi connectivity index (χ3n) is 7.53. The standard InChI is InChI=1S/C36H22N6/c1-3-7-23(8-4-1)30-17-21-39-35(41-30)28-15-19-37-33-26(28)13-11-25-12-14-27-29(16-20-38-34(27)32(25)33)36-40-22-18-31(42-36)24-9-5-2-6-10-24/h1-22H. The molecular formula is C36H22N6. The molecule has 0 aliphatic heterocycles. The summed E-state index contributed by atoms with van der Waals surface area (Å²) in [7, 11) is 0. The van der Waals surface area contributed by atoms with Crippen LogP contribution in [0.3, 0.4) is 0 Å². The zero-order valence-electron chi connectivity index (χ0n) is 22.4. The average molecular weight is 539 g/mol. The first-order valence-corrected chi connectivity index (χ1v) is 13.7. The van der Waals surface area contributed by atoms with Crippen molar-refractivity contribution in [2.75, 3.05) is 0 Å². The molecule has 0 bridgehead atoms. The van der Waals surface area contributed by atoms with Gasteiger partial charge in [-0.2, -0.15) is 0 Å². The molecule has 0 saturated carbocycles. The first-order valence-electron chi connectivity index (χ1n) is 13.7. The summed E-state index contributed by atoms with van der Waals surface area (Å²) in [6.45, 7) is 0. The topological polar surface area (TPSA) is 77.3 Å². The fourth-order valence-corrected chi connectivity index (χ4v) is 5.54. The van der Waals surface area contributed by atoms with Gasteiger partial charge < -0.3 is 0 Å². The number of hydrogen-bond acceptors (Lipinski definition) is 6. The number of fused-ring (bicyclic) bond motifs is 5. The van der Waals surface area contributed by atoms with Gasteiger partial charge in [0.05, 0.1) is 22.4 Å². The van der Waals surface area contributed by atoms with E-state index >= 15 is 0 Å². The maximum Gasteiger partial charge on any atom is 0.160 e. The molecule has 4 aromatic heterocycles. The number of rotatable bonds is 4. The van der Waals surface area contributed by atoms with Crippen LogP contribution in [-0.4, -0.2) is 29.9 Å². The summed E-state index contributed by atoms with van der Waals surface area (Å²) in [5.74, 6) is 1.31. The Morgan fingerprint density at radius 1 is 0.381 bits per heavy atom. The Morgan fingerprint density at radius 2 is 0.833 bits per heavy atom. The number of aromatic nitrogens is 6. The summed E-state index contributed by atoms with van der Waals surface area (Å²) in [6, 6.07) is 36.5. The van der Waals surface area contributed by atoms with Gasteiger partial charge in [0.1, 0.15) is 0 Å². The van der Waals surface area contributed by atoms with Crippen LogP contribution in [0.25, 0.3) is 77.9 Å². The summed E-state index contributed by atoms with van der Waals surface area (Å²) in [6.07, 6.45) is 7.27.